The molecule has 1 aliphatic heterocycles. The van der Waals surface area contributed by atoms with Gasteiger partial charge in [0.25, 0.3) is 5.91 Å². The van der Waals surface area contributed by atoms with Crippen LogP contribution < -0.4 is 0 Å². The molecule has 1 aromatic rings. The summed E-state index contributed by atoms with van der Waals surface area (Å²) in [5.41, 5.74) is 0.370. The van der Waals surface area contributed by atoms with Crippen molar-refractivity contribution in [3.63, 3.8) is 0 Å². The fourth-order valence-electron chi connectivity index (χ4n) is 2.14. The standard InChI is InChI=1S/C12H17N3O4S/c1-14(19-2)11(16)9-7-20-10(13-9)8-3-5-15(6-4-8)12(17)18/h7-8H,3-6H2,1-2H3,(H,17,18). The number of nitrogens with zero attached hydrogens (tertiary/aromatic N) is 3. The maximum atomic E-state index is 11.9. The van der Waals surface area contributed by atoms with Crippen molar-refractivity contribution in [1.29, 1.82) is 0 Å². The highest BCUT2D eigenvalue weighted by molar-refractivity contribution is 7.09. The average molecular weight is 299 g/mol. The van der Waals surface area contributed by atoms with Gasteiger partial charge in [-0.05, 0) is 12.8 Å². The number of likely N-dealkylation sites (tertiary alicyclic amines) is 1. The molecule has 1 saturated heterocycles. The smallest absolute Gasteiger partial charge is 0.407 e. The number of carboxylic acid groups (broad SMARTS) is 1. The normalized spacial score (nSPS) is 16.2. The Hall–Kier alpha value is -1.67. The second kappa shape index (κ2) is 6.19. The van der Waals surface area contributed by atoms with E-state index in [0.717, 1.165) is 22.9 Å². The molecule has 0 unspecified atom stereocenters. The predicted octanol–water partition coefficient (Wildman–Crippen LogP) is 1.63. The molecule has 110 valence electrons. The van der Waals surface area contributed by atoms with Crippen LogP contribution in [-0.2, 0) is 4.84 Å². The van der Waals surface area contributed by atoms with Crippen LogP contribution in [0.1, 0.15) is 34.3 Å². The number of hydroxylamine groups is 2. The van der Waals surface area contributed by atoms with Gasteiger partial charge in [0.1, 0.15) is 5.69 Å². The van der Waals surface area contributed by atoms with Crippen molar-refractivity contribution >= 4 is 23.3 Å². The lowest BCUT2D eigenvalue weighted by Gasteiger charge is -2.28. The highest BCUT2D eigenvalue weighted by Gasteiger charge is 2.26. The highest BCUT2D eigenvalue weighted by Crippen LogP contribution is 2.30. The van der Waals surface area contributed by atoms with Crippen molar-refractivity contribution < 1.29 is 19.5 Å². The van der Waals surface area contributed by atoms with E-state index < -0.39 is 6.09 Å². The van der Waals surface area contributed by atoms with E-state index in [4.69, 9.17) is 9.94 Å². The summed E-state index contributed by atoms with van der Waals surface area (Å²) in [6, 6.07) is 0. The number of rotatable bonds is 3. The summed E-state index contributed by atoms with van der Waals surface area (Å²) in [5.74, 6) is -0.0528. The zero-order valence-electron chi connectivity index (χ0n) is 11.4. The Morgan fingerprint density at radius 1 is 1.50 bits per heavy atom. The van der Waals surface area contributed by atoms with Crippen LogP contribution in [-0.4, -0.2) is 59.3 Å². The van der Waals surface area contributed by atoms with E-state index >= 15 is 0 Å². The van der Waals surface area contributed by atoms with Gasteiger partial charge in [0.05, 0.1) is 12.1 Å². The van der Waals surface area contributed by atoms with Crippen molar-refractivity contribution in [1.82, 2.24) is 14.9 Å². The first-order valence-corrected chi connectivity index (χ1v) is 7.16. The summed E-state index contributed by atoms with van der Waals surface area (Å²) in [6.45, 7) is 1.03. The third-order valence-corrected chi connectivity index (χ3v) is 4.42. The van der Waals surface area contributed by atoms with Crippen LogP contribution in [0.25, 0.3) is 0 Å². The first-order valence-electron chi connectivity index (χ1n) is 6.28. The second-order valence-electron chi connectivity index (χ2n) is 4.60. The van der Waals surface area contributed by atoms with Crippen LogP contribution in [0.3, 0.4) is 0 Å². The fourth-order valence-corrected chi connectivity index (χ4v) is 3.10. The molecule has 1 aromatic heterocycles. The van der Waals surface area contributed by atoms with Crippen molar-refractivity contribution in [2.75, 3.05) is 27.2 Å². The van der Waals surface area contributed by atoms with Crippen LogP contribution in [0.4, 0.5) is 4.79 Å². The van der Waals surface area contributed by atoms with Gasteiger partial charge >= 0.3 is 6.09 Å². The molecule has 20 heavy (non-hydrogen) atoms. The molecule has 7 nitrogen and oxygen atoms in total. The molecular weight excluding hydrogens is 282 g/mol. The van der Waals surface area contributed by atoms with Gasteiger partial charge < -0.3 is 10.0 Å². The molecule has 2 amide bonds. The molecular formula is C12H17N3O4S. The Morgan fingerprint density at radius 2 is 2.15 bits per heavy atom. The number of hydrogen-bond donors (Lipinski definition) is 1. The predicted molar refractivity (Wildman–Crippen MR) is 72.8 cm³/mol. The highest BCUT2D eigenvalue weighted by atomic mass is 32.1. The summed E-state index contributed by atoms with van der Waals surface area (Å²) in [6.07, 6.45) is 0.612. The number of piperidine rings is 1. The lowest BCUT2D eigenvalue weighted by molar-refractivity contribution is -0.0760. The lowest BCUT2D eigenvalue weighted by atomic mass is 9.98. The van der Waals surface area contributed by atoms with Gasteiger partial charge in [-0.2, -0.15) is 0 Å². The lowest BCUT2D eigenvalue weighted by Crippen LogP contribution is -2.36. The van der Waals surface area contributed by atoms with Gasteiger partial charge in [-0.3, -0.25) is 9.63 Å². The molecule has 0 aliphatic carbocycles. The molecule has 1 fully saturated rings. The summed E-state index contributed by atoms with van der Waals surface area (Å²) in [7, 11) is 2.96. The Bertz CT molecular complexity index is 497. The molecule has 0 atom stereocenters. The third-order valence-electron chi connectivity index (χ3n) is 3.42. The van der Waals surface area contributed by atoms with Crippen molar-refractivity contribution in [2.24, 2.45) is 0 Å². The number of carbonyl (C=O) groups excluding carboxylic acids is 1. The van der Waals surface area contributed by atoms with Crippen LogP contribution in [0, 0.1) is 0 Å². The largest absolute Gasteiger partial charge is 0.465 e. The Morgan fingerprint density at radius 3 is 2.70 bits per heavy atom. The van der Waals surface area contributed by atoms with E-state index in [-0.39, 0.29) is 11.8 Å². The Kier molecular flexibility index (Phi) is 4.56. The zero-order chi connectivity index (χ0) is 14.7. The first-order chi connectivity index (χ1) is 9.52. The third kappa shape index (κ3) is 3.07. The van der Waals surface area contributed by atoms with Crippen LogP contribution in [0.5, 0.6) is 0 Å². The first kappa shape index (κ1) is 14.7. The molecule has 0 aromatic carbocycles. The van der Waals surface area contributed by atoms with E-state index in [0.29, 0.717) is 18.8 Å². The fraction of sp³-hybridized carbons (Fsp3) is 0.583. The summed E-state index contributed by atoms with van der Waals surface area (Å²) < 4.78 is 0. The number of aromatic nitrogens is 1. The number of amides is 2. The van der Waals surface area contributed by atoms with Gasteiger partial charge in [0.15, 0.2) is 0 Å². The SMILES string of the molecule is CON(C)C(=O)c1csc(C2CCN(C(=O)O)CC2)n1. The van der Waals surface area contributed by atoms with Crippen LogP contribution in [0.2, 0.25) is 0 Å². The minimum absolute atomic E-state index is 0.227. The number of carbonyl (C=O) groups is 2. The van der Waals surface area contributed by atoms with Gasteiger partial charge in [-0.15, -0.1) is 11.3 Å². The van der Waals surface area contributed by atoms with Crippen molar-refractivity contribution in [2.45, 2.75) is 18.8 Å². The Labute approximate surface area is 120 Å². The van der Waals surface area contributed by atoms with Crippen LogP contribution >= 0.6 is 11.3 Å². The quantitative estimate of drug-likeness (QED) is 0.858. The van der Waals surface area contributed by atoms with Crippen molar-refractivity contribution in [3.8, 4) is 0 Å². The van der Waals surface area contributed by atoms with E-state index in [2.05, 4.69) is 4.98 Å². The number of thiazole rings is 1. The molecule has 0 saturated carbocycles. The van der Waals surface area contributed by atoms with Crippen molar-refractivity contribution in [3.05, 3.63) is 16.1 Å². The molecule has 0 radical (unpaired) electrons. The second-order valence-corrected chi connectivity index (χ2v) is 5.49. The molecule has 8 heteroatoms. The molecule has 1 aliphatic rings. The van der Waals surface area contributed by atoms with Gasteiger partial charge in [-0.1, -0.05) is 0 Å². The van der Waals surface area contributed by atoms with E-state index in [1.54, 1.807) is 5.38 Å². The molecule has 1 N–H and O–H groups in total. The maximum Gasteiger partial charge on any atom is 0.407 e. The van der Waals surface area contributed by atoms with Crippen LogP contribution in [0.15, 0.2) is 5.38 Å². The van der Waals surface area contributed by atoms with Gasteiger partial charge in [0.2, 0.25) is 0 Å². The summed E-state index contributed by atoms with van der Waals surface area (Å²) in [4.78, 5) is 33.3. The minimum Gasteiger partial charge on any atom is -0.465 e. The van der Waals surface area contributed by atoms with E-state index in [1.807, 2.05) is 0 Å². The van der Waals surface area contributed by atoms with Gasteiger partial charge in [-0.25, -0.2) is 14.8 Å². The average Bonchev–Trinajstić information content (AvgIpc) is 2.95. The Balaban J connectivity index is 2.00. The monoisotopic (exact) mass is 299 g/mol. The summed E-state index contributed by atoms with van der Waals surface area (Å²) in [5, 5.41) is 12.7. The summed E-state index contributed by atoms with van der Waals surface area (Å²) >= 11 is 1.44. The zero-order valence-corrected chi connectivity index (χ0v) is 12.2. The number of hydrogen-bond acceptors (Lipinski definition) is 5. The molecule has 0 bridgehead atoms. The molecule has 0 spiro atoms. The topological polar surface area (TPSA) is 83.0 Å². The van der Waals surface area contributed by atoms with E-state index in [1.165, 1.54) is 30.4 Å². The molecule has 2 heterocycles. The minimum atomic E-state index is -0.875. The van der Waals surface area contributed by atoms with E-state index in [9.17, 15) is 9.59 Å². The van der Waals surface area contributed by atoms with Gasteiger partial charge in [0, 0.05) is 31.4 Å². The maximum absolute atomic E-state index is 11.9. The molecule has 2 rings (SSSR count).